The second-order valence-electron chi connectivity index (χ2n) is 6.18. The minimum atomic E-state index is -1.64. The maximum Gasteiger partial charge on any atom is 0.126 e. The Morgan fingerprint density at radius 3 is 1.65 bits per heavy atom. The molecule has 1 unspecified atom stereocenters. The highest BCUT2D eigenvalue weighted by Gasteiger charge is 2.34. The summed E-state index contributed by atoms with van der Waals surface area (Å²) in [6, 6.07) is 17.9. The van der Waals surface area contributed by atoms with Gasteiger partial charge in [-0.1, -0.05) is 42.0 Å². The summed E-state index contributed by atoms with van der Waals surface area (Å²) >= 11 is 0. The summed E-state index contributed by atoms with van der Waals surface area (Å²) in [6.45, 7) is 1.93. The molecule has 0 aliphatic heterocycles. The molecule has 3 aromatic rings. The number of halogens is 2. The van der Waals surface area contributed by atoms with Gasteiger partial charge in [0.25, 0.3) is 0 Å². The van der Waals surface area contributed by atoms with Crippen molar-refractivity contribution in [3.8, 4) is 0 Å². The molecule has 134 valence electrons. The van der Waals surface area contributed by atoms with E-state index in [2.05, 4.69) is 0 Å². The third-order valence-electron chi connectivity index (χ3n) is 4.27. The SMILES string of the molecule is Cc1ccc(S(=O)CC(O)(c2ccc(F)cc2)c2ccc(F)cc2)cc1. The van der Waals surface area contributed by atoms with Gasteiger partial charge in [0.15, 0.2) is 0 Å². The molecule has 0 amide bonds. The molecule has 0 aromatic heterocycles. The second kappa shape index (κ2) is 7.48. The highest BCUT2D eigenvalue weighted by atomic mass is 32.2. The van der Waals surface area contributed by atoms with E-state index in [0.29, 0.717) is 16.0 Å². The van der Waals surface area contributed by atoms with Crippen LogP contribution in [0.2, 0.25) is 0 Å². The van der Waals surface area contributed by atoms with E-state index in [4.69, 9.17) is 0 Å². The minimum Gasteiger partial charge on any atom is -0.379 e. The van der Waals surface area contributed by atoms with Crippen LogP contribution in [-0.4, -0.2) is 15.1 Å². The molecule has 3 aromatic carbocycles. The molecule has 1 atom stereocenters. The summed E-state index contributed by atoms with van der Waals surface area (Å²) in [5.74, 6) is -1.00. The first kappa shape index (κ1) is 18.4. The molecule has 1 N–H and O–H groups in total. The molecule has 0 radical (unpaired) electrons. The first-order valence-electron chi connectivity index (χ1n) is 8.08. The Morgan fingerprint density at radius 2 is 1.23 bits per heavy atom. The van der Waals surface area contributed by atoms with Gasteiger partial charge in [-0.3, -0.25) is 4.21 Å². The van der Waals surface area contributed by atoms with Gasteiger partial charge >= 0.3 is 0 Å². The van der Waals surface area contributed by atoms with Crippen LogP contribution in [0.25, 0.3) is 0 Å². The fraction of sp³-hybridized carbons (Fsp3) is 0.143. The van der Waals surface area contributed by atoms with Gasteiger partial charge in [-0.15, -0.1) is 0 Å². The minimum absolute atomic E-state index is 0.132. The van der Waals surface area contributed by atoms with Crippen LogP contribution >= 0.6 is 0 Å². The zero-order chi connectivity index (χ0) is 18.7. The summed E-state index contributed by atoms with van der Waals surface area (Å²) in [5, 5.41) is 11.4. The predicted molar refractivity (Wildman–Crippen MR) is 98.3 cm³/mol. The second-order valence-corrected chi connectivity index (χ2v) is 7.63. The number of aliphatic hydroxyl groups is 1. The Hall–Kier alpha value is -2.37. The zero-order valence-electron chi connectivity index (χ0n) is 14.2. The maximum atomic E-state index is 13.3. The molecule has 3 rings (SSSR count). The lowest BCUT2D eigenvalue weighted by Gasteiger charge is -2.29. The van der Waals surface area contributed by atoms with Gasteiger partial charge in [-0.2, -0.15) is 0 Å². The summed E-state index contributed by atoms with van der Waals surface area (Å²) in [4.78, 5) is 0.582. The van der Waals surface area contributed by atoms with Crippen LogP contribution in [0.3, 0.4) is 0 Å². The zero-order valence-corrected chi connectivity index (χ0v) is 15.0. The van der Waals surface area contributed by atoms with Gasteiger partial charge in [0.2, 0.25) is 0 Å². The number of hydrogen-bond donors (Lipinski definition) is 1. The molecule has 0 heterocycles. The molecule has 0 bridgehead atoms. The fourth-order valence-electron chi connectivity index (χ4n) is 2.75. The first-order valence-corrected chi connectivity index (χ1v) is 9.40. The number of hydrogen-bond acceptors (Lipinski definition) is 2. The molecule has 0 saturated carbocycles. The van der Waals surface area contributed by atoms with Gasteiger partial charge in [0.05, 0.1) is 16.6 Å². The van der Waals surface area contributed by atoms with Crippen molar-refractivity contribution in [1.29, 1.82) is 0 Å². The van der Waals surface area contributed by atoms with Crippen LogP contribution in [0.15, 0.2) is 77.7 Å². The summed E-state index contributed by atoms with van der Waals surface area (Å²) in [7, 11) is -1.51. The van der Waals surface area contributed by atoms with E-state index in [-0.39, 0.29) is 5.75 Å². The topological polar surface area (TPSA) is 37.3 Å². The van der Waals surface area contributed by atoms with Crippen LogP contribution in [0.1, 0.15) is 16.7 Å². The molecule has 0 saturated heterocycles. The van der Waals surface area contributed by atoms with Gasteiger partial charge in [0, 0.05) is 4.90 Å². The fourth-order valence-corrected chi connectivity index (χ4v) is 4.07. The van der Waals surface area contributed by atoms with Crippen LogP contribution in [0, 0.1) is 18.6 Å². The van der Waals surface area contributed by atoms with Crippen molar-refractivity contribution in [3.63, 3.8) is 0 Å². The van der Waals surface area contributed by atoms with Crippen molar-refractivity contribution >= 4 is 10.8 Å². The Labute approximate surface area is 153 Å². The molecular weight excluding hydrogens is 354 g/mol. The smallest absolute Gasteiger partial charge is 0.126 e. The van der Waals surface area contributed by atoms with Gasteiger partial charge in [-0.25, -0.2) is 8.78 Å². The van der Waals surface area contributed by atoms with Crippen molar-refractivity contribution in [1.82, 2.24) is 0 Å². The van der Waals surface area contributed by atoms with Crippen LogP contribution < -0.4 is 0 Å². The summed E-state index contributed by atoms with van der Waals surface area (Å²) in [5.41, 5.74) is 0.187. The molecule has 0 aliphatic rings. The van der Waals surface area contributed by atoms with E-state index in [0.717, 1.165) is 5.56 Å². The largest absolute Gasteiger partial charge is 0.379 e. The molecular formula is C21H18F2O2S. The lowest BCUT2D eigenvalue weighted by molar-refractivity contribution is 0.106. The van der Waals surface area contributed by atoms with Crippen molar-refractivity contribution in [3.05, 3.63) is 101 Å². The third-order valence-corrected chi connectivity index (χ3v) is 5.75. The Bertz CT molecular complexity index is 859. The van der Waals surface area contributed by atoms with Crippen molar-refractivity contribution < 1.29 is 18.1 Å². The van der Waals surface area contributed by atoms with E-state index in [1.165, 1.54) is 48.5 Å². The van der Waals surface area contributed by atoms with Gasteiger partial charge in [0.1, 0.15) is 17.2 Å². The third kappa shape index (κ3) is 3.89. The number of rotatable bonds is 5. The Morgan fingerprint density at radius 1 is 0.808 bits per heavy atom. The number of benzene rings is 3. The van der Waals surface area contributed by atoms with E-state index < -0.39 is 28.0 Å². The van der Waals surface area contributed by atoms with Crippen LogP contribution in [-0.2, 0) is 16.4 Å². The predicted octanol–water partition coefficient (Wildman–Crippen LogP) is 4.32. The Balaban J connectivity index is 2.02. The van der Waals surface area contributed by atoms with E-state index in [1.807, 2.05) is 19.1 Å². The molecule has 5 heteroatoms. The maximum absolute atomic E-state index is 13.3. The summed E-state index contributed by atoms with van der Waals surface area (Å²) in [6.07, 6.45) is 0. The molecule has 0 fully saturated rings. The lowest BCUT2D eigenvalue weighted by Crippen LogP contribution is -2.34. The quantitative estimate of drug-likeness (QED) is 0.724. The lowest BCUT2D eigenvalue weighted by atomic mass is 9.88. The van der Waals surface area contributed by atoms with E-state index >= 15 is 0 Å². The molecule has 26 heavy (non-hydrogen) atoms. The normalized spacial score (nSPS) is 12.8. The highest BCUT2D eigenvalue weighted by molar-refractivity contribution is 7.85. The van der Waals surface area contributed by atoms with Crippen molar-refractivity contribution in [2.45, 2.75) is 17.4 Å². The van der Waals surface area contributed by atoms with E-state index in [1.54, 1.807) is 12.1 Å². The van der Waals surface area contributed by atoms with E-state index in [9.17, 15) is 18.1 Å². The van der Waals surface area contributed by atoms with Crippen molar-refractivity contribution in [2.75, 3.05) is 5.75 Å². The average Bonchev–Trinajstić information content (AvgIpc) is 2.63. The van der Waals surface area contributed by atoms with Gasteiger partial charge in [-0.05, 0) is 54.4 Å². The molecule has 2 nitrogen and oxygen atoms in total. The number of aryl methyl sites for hydroxylation is 1. The van der Waals surface area contributed by atoms with Crippen molar-refractivity contribution in [2.24, 2.45) is 0 Å². The monoisotopic (exact) mass is 372 g/mol. The molecule has 0 spiro atoms. The molecule has 0 aliphatic carbocycles. The standard InChI is InChI=1S/C21H18F2O2S/c1-15-2-12-20(13-3-15)26(25)14-21(24,16-4-8-18(22)9-5-16)17-6-10-19(23)11-7-17/h2-13,24H,14H2,1H3. The first-order chi connectivity index (χ1) is 12.4. The van der Waals surface area contributed by atoms with Crippen LogP contribution in [0.5, 0.6) is 0 Å². The average molecular weight is 372 g/mol. The van der Waals surface area contributed by atoms with Crippen LogP contribution in [0.4, 0.5) is 8.78 Å². The van der Waals surface area contributed by atoms with Gasteiger partial charge < -0.3 is 5.11 Å². The summed E-state index contributed by atoms with van der Waals surface area (Å²) < 4.78 is 39.5. The highest BCUT2D eigenvalue weighted by Crippen LogP contribution is 2.32. The Kier molecular flexibility index (Phi) is 5.30.